The van der Waals surface area contributed by atoms with Crippen LogP contribution < -0.4 is 0 Å². The fourth-order valence-electron chi connectivity index (χ4n) is 2.40. The lowest BCUT2D eigenvalue weighted by molar-refractivity contribution is -0.130. The van der Waals surface area contributed by atoms with Gasteiger partial charge in [-0.2, -0.15) is 0 Å². The molecule has 0 amide bonds. The molecule has 0 bridgehead atoms. The quantitative estimate of drug-likeness (QED) is 0.596. The first-order chi connectivity index (χ1) is 11.1. The summed E-state index contributed by atoms with van der Waals surface area (Å²) in [6, 6.07) is 13.5. The molecule has 0 saturated heterocycles. The smallest absolute Gasteiger partial charge is 0.367 e. The van der Waals surface area contributed by atoms with Crippen molar-refractivity contribution in [3.8, 4) is 0 Å². The van der Waals surface area contributed by atoms with Crippen molar-refractivity contribution in [2.45, 2.75) is 0 Å². The van der Waals surface area contributed by atoms with Crippen LogP contribution in [0.1, 0.15) is 21.5 Å². The topological polar surface area (TPSA) is 65.0 Å². The van der Waals surface area contributed by atoms with Crippen molar-refractivity contribution in [2.24, 2.45) is 4.99 Å². The van der Waals surface area contributed by atoms with E-state index in [1.807, 2.05) is 0 Å². The molecule has 0 aliphatic carbocycles. The Morgan fingerprint density at radius 3 is 2.26 bits per heavy atom. The Hall–Kier alpha value is -2.92. The van der Waals surface area contributed by atoms with Gasteiger partial charge in [0.25, 0.3) is 0 Å². The lowest BCUT2D eigenvalue weighted by Crippen LogP contribution is -2.06. The van der Waals surface area contributed by atoms with Crippen molar-refractivity contribution in [3.63, 3.8) is 0 Å². The second-order valence-corrected chi connectivity index (χ2v) is 5.36. The van der Waals surface area contributed by atoms with E-state index in [2.05, 4.69) is 4.99 Å². The molecule has 5 nitrogen and oxygen atoms in total. The average Bonchev–Trinajstić information content (AvgIpc) is 3.09. The third-order valence-electron chi connectivity index (χ3n) is 3.49. The Morgan fingerprint density at radius 1 is 0.826 bits per heavy atom. The van der Waals surface area contributed by atoms with Crippen molar-refractivity contribution in [1.29, 1.82) is 0 Å². The molecule has 0 saturated carbocycles. The summed E-state index contributed by atoms with van der Waals surface area (Å²) in [5, 5.41) is 0.566. The first-order valence-electron chi connectivity index (χ1n) is 6.76. The van der Waals surface area contributed by atoms with Crippen LogP contribution in [0, 0.1) is 0 Å². The number of ether oxygens (including phenoxy) is 2. The summed E-state index contributed by atoms with van der Waals surface area (Å²) in [4.78, 5) is 28.2. The number of esters is 2. The van der Waals surface area contributed by atoms with Crippen molar-refractivity contribution >= 4 is 35.2 Å². The zero-order chi connectivity index (χ0) is 16.0. The number of benzene rings is 2. The van der Waals surface area contributed by atoms with E-state index in [1.165, 1.54) is 0 Å². The Bertz CT molecular complexity index is 912. The number of fused-ring (bicyclic) bond motifs is 1. The summed E-state index contributed by atoms with van der Waals surface area (Å²) in [6.45, 7) is 0. The van der Waals surface area contributed by atoms with E-state index < -0.39 is 11.9 Å². The third-order valence-corrected chi connectivity index (χ3v) is 3.74. The van der Waals surface area contributed by atoms with E-state index in [0.29, 0.717) is 21.7 Å². The summed E-state index contributed by atoms with van der Waals surface area (Å²) >= 11 is 5.84. The average molecular weight is 326 g/mol. The highest BCUT2D eigenvalue weighted by Crippen LogP contribution is 2.34. The van der Waals surface area contributed by atoms with Crippen molar-refractivity contribution in [2.75, 3.05) is 0 Å². The summed E-state index contributed by atoms with van der Waals surface area (Å²) in [7, 11) is 0. The molecular weight excluding hydrogens is 318 g/mol. The molecule has 2 heterocycles. The molecule has 0 N–H and O–H groups in total. The van der Waals surface area contributed by atoms with Gasteiger partial charge >= 0.3 is 11.9 Å². The molecule has 4 rings (SSSR count). The SMILES string of the molecule is O=C1OC(c2ccc(Cl)cc2)=N/C1=C1\OC(=O)c2ccccc21. The molecule has 0 aromatic heterocycles. The molecule has 2 aromatic rings. The monoisotopic (exact) mass is 325 g/mol. The normalized spacial score (nSPS) is 19.3. The predicted octanol–water partition coefficient (Wildman–Crippen LogP) is 3.18. The first-order valence-corrected chi connectivity index (χ1v) is 7.14. The van der Waals surface area contributed by atoms with Crippen molar-refractivity contribution < 1.29 is 19.1 Å². The Balaban J connectivity index is 1.82. The van der Waals surface area contributed by atoms with Crippen LogP contribution in [0.4, 0.5) is 0 Å². The van der Waals surface area contributed by atoms with Gasteiger partial charge in [-0.3, -0.25) is 0 Å². The van der Waals surface area contributed by atoms with Crippen molar-refractivity contribution in [3.05, 3.63) is 75.9 Å². The van der Waals surface area contributed by atoms with Crippen LogP contribution in [0.2, 0.25) is 5.02 Å². The number of hydrogen-bond donors (Lipinski definition) is 0. The lowest BCUT2D eigenvalue weighted by Gasteiger charge is -1.99. The largest absolute Gasteiger partial charge is 0.420 e. The summed E-state index contributed by atoms with van der Waals surface area (Å²) in [5.74, 6) is -0.894. The highest BCUT2D eigenvalue weighted by Gasteiger charge is 2.35. The van der Waals surface area contributed by atoms with Crippen LogP contribution in [0.15, 0.2) is 59.2 Å². The van der Waals surface area contributed by atoms with Gasteiger partial charge in [0.1, 0.15) is 0 Å². The van der Waals surface area contributed by atoms with Crippen LogP contribution >= 0.6 is 11.6 Å². The summed E-state index contributed by atoms with van der Waals surface area (Å²) < 4.78 is 10.4. The van der Waals surface area contributed by atoms with Gasteiger partial charge in [-0.15, -0.1) is 0 Å². The van der Waals surface area contributed by atoms with Gasteiger partial charge < -0.3 is 9.47 Å². The van der Waals surface area contributed by atoms with Crippen LogP contribution in [0.25, 0.3) is 5.76 Å². The van der Waals surface area contributed by atoms with E-state index in [4.69, 9.17) is 21.1 Å². The maximum absolute atomic E-state index is 12.1. The van der Waals surface area contributed by atoms with Gasteiger partial charge in [-0.05, 0) is 30.3 Å². The minimum absolute atomic E-state index is 0.0201. The van der Waals surface area contributed by atoms with Gasteiger partial charge in [0, 0.05) is 16.1 Å². The van der Waals surface area contributed by atoms with Gasteiger partial charge in [0.2, 0.25) is 5.90 Å². The van der Waals surface area contributed by atoms with E-state index in [-0.39, 0.29) is 17.4 Å². The summed E-state index contributed by atoms with van der Waals surface area (Å²) in [6.07, 6.45) is 0. The summed E-state index contributed by atoms with van der Waals surface area (Å²) in [5.41, 5.74) is 1.52. The standard InChI is InChI=1S/C17H8ClNO4/c18-10-7-5-9(6-8-10)15-19-13(17(21)23-15)14-11-3-1-2-4-12(11)16(20)22-14/h1-8H/b14-13-. The van der Waals surface area contributed by atoms with Gasteiger partial charge in [0.05, 0.1) is 5.56 Å². The molecule has 6 heteroatoms. The van der Waals surface area contributed by atoms with Gasteiger partial charge in [0.15, 0.2) is 11.5 Å². The predicted molar refractivity (Wildman–Crippen MR) is 82.9 cm³/mol. The van der Waals surface area contributed by atoms with Crippen LogP contribution in [-0.2, 0) is 14.3 Å². The zero-order valence-corrected chi connectivity index (χ0v) is 12.3. The molecule has 0 radical (unpaired) electrons. The van der Waals surface area contributed by atoms with Gasteiger partial charge in [-0.25, -0.2) is 14.6 Å². The number of hydrogen-bond acceptors (Lipinski definition) is 5. The molecule has 112 valence electrons. The maximum Gasteiger partial charge on any atom is 0.367 e. The van der Waals surface area contributed by atoms with E-state index >= 15 is 0 Å². The number of carbonyl (C=O) groups excluding carboxylic acids is 2. The molecule has 0 fully saturated rings. The molecule has 0 spiro atoms. The minimum atomic E-state index is -0.658. The fourth-order valence-corrected chi connectivity index (χ4v) is 2.53. The van der Waals surface area contributed by atoms with E-state index in [1.54, 1.807) is 48.5 Å². The molecule has 0 unspecified atom stereocenters. The molecular formula is C17H8ClNO4. The number of halogens is 1. The van der Waals surface area contributed by atoms with Crippen molar-refractivity contribution in [1.82, 2.24) is 0 Å². The second-order valence-electron chi connectivity index (χ2n) is 4.93. The van der Waals surface area contributed by atoms with Crippen LogP contribution in [0.5, 0.6) is 0 Å². The van der Waals surface area contributed by atoms with Crippen LogP contribution in [0.3, 0.4) is 0 Å². The number of aliphatic imine (C=N–C) groups is 1. The molecule has 2 aliphatic heterocycles. The highest BCUT2D eigenvalue weighted by molar-refractivity contribution is 6.30. The lowest BCUT2D eigenvalue weighted by atomic mass is 10.1. The number of nitrogens with zero attached hydrogens (tertiary/aromatic N) is 1. The fraction of sp³-hybridized carbons (Fsp3) is 0. The second kappa shape index (κ2) is 5.07. The Labute approximate surface area is 135 Å². The third kappa shape index (κ3) is 2.22. The zero-order valence-electron chi connectivity index (χ0n) is 11.6. The van der Waals surface area contributed by atoms with Gasteiger partial charge in [-0.1, -0.05) is 29.8 Å². The van der Waals surface area contributed by atoms with Crippen LogP contribution in [-0.4, -0.2) is 17.8 Å². The van der Waals surface area contributed by atoms with E-state index in [0.717, 1.165) is 0 Å². The highest BCUT2D eigenvalue weighted by atomic mass is 35.5. The number of cyclic esters (lactones) is 2. The minimum Gasteiger partial charge on any atom is -0.420 e. The molecule has 2 aliphatic rings. The Morgan fingerprint density at radius 2 is 1.52 bits per heavy atom. The molecule has 0 atom stereocenters. The first kappa shape index (κ1) is 13.7. The number of carbonyl (C=O) groups is 2. The van der Waals surface area contributed by atoms with E-state index in [9.17, 15) is 9.59 Å². The Kier molecular flexibility index (Phi) is 3.02. The number of rotatable bonds is 1. The molecule has 23 heavy (non-hydrogen) atoms. The molecule has 2 aromatic carbocycles. The maximum atomic E-state index is 12.1.